The average Bonchev–Trinajstić information content (AvgIpc) is 2.97. The summed E-state index contributed by atoms with van der Waals surface area (Å²) in [6, 6.07) is 10.0. The number of hydrogen-bond acceptors (Lipinski definition) is 6. The molecule has 8 heteroatoms. The lowest BCUT2D eigenvalue weighted by atomic mass is 9.62. The van der Waals surface area contributed by atoms with Crippen LogP contribution in [-0.2, 0) is 16.7 Å². The number of amides is 1. The van der Waals surface area contributed by atoms with Crippen molar-refractivity contribution in [3.05, 3.63) is 65.2 Å². The highest BCUT2D eigenvalue weighted by atomic mass is 16.6. The highest BCUT2D eigenvalue weighted by Gasteiger charge is 2.60. The molecule has 8 nitrogen and oxygen atoms in total. The molecule has 3 unspecified atom stereocenters. The van der Waals surface area contributed by atoms with Crippen LogP contribution in [0.4, 0.5) is 10.5 Å². The Morgan fingerprint density at radius 2 is 1.97 bits per heavy atom. The van der Waals surface area contributed by atoms with Gasteiger partial charge >= 0.3 is 12.1 Å². The van der Waals surface area contributed by atoms with Crippen LogP contribution in [0.3, 0.4) is 0 Å². The normalized spacial score (nSPS) is 27.1. The van der Waals surface area contributed by atoms with Crippen molar-refractivity contribution in [2.75, 3.05) is 26.0 Å². The summed E-state index contributed by atoms with van der Waals surface area (Å²) in [6.07, 6.45) is 4.42. The molecule has 5 rings (SSSR count). The first-order valence-electron chi connectivity index (χ1n) is 11.3. The predicted molar refractivity (Wildman–Crippen MR) is 126 cm³/mol. The van der Waals surface area contributed by atoms with Gasteiger partial charge < -0.3 is 24.2 Å². The van der Waals surface area contributed by atoms with Crippen LogP contribution in [0.25, 0.3) is 0 Å². The van der Waals surface area contributed by atoms with Gasteiger partial charge in [0.1, 0.15) is 11.7 Å². The van der Waals surface area contributed by atoms with E-state index in [9.17, 15) is 9.59 Å². The van der Waals surface area contributed by atoms with Crippen LogP contribution < -0.4 is 14.8 Å². The number of rotatable bonds is 4. The van der Waals surface area contributed by atoms with Crippen LogP contribution >= 0.6 is 0 Å². The molecule has 1 aliphatic carbocycles. The molecule has 2 heterocycles. The summed E-state index contributed by atoms with van der Waals surface area (Å²) in [5, 5.41) is 11.7. The maximum Gasteiger partial charge on any atom is 0.412 e. The standard InChI is InChI=1S/C26H28N2O6/c1-25-14-19(33-24(31)27-18-7-4-16(5-8-18)23(29)30)10-11-26(25)12-13-28(2)15-17-6-9-20(32-3)22(34-25)21(17)26/h4-11,19H,12-15H2,1-3H3,(H,27,31)(H,29,30). The van der Waals surface area contributed by atoms with Gasteiger partial charge in [0.15, 0.2) is 11.5 Å². The monoisotopic (exact) mass is 464 g/mol. The number of methoxy groups -OCH3 is 1. The Labute approximate surface area is 198 Å². The van der Waals surface area contributed by atoms with Crippen molar-refractivity contribution in [3.8, 4) is 11.5 Å². The number of carbonyl (C=O) groups excluding carboxylic acids is 1. The van der Waals surface area contributed by atoms with Crippen LogP contribution in [0.5, 0.6) is 11.5 Å². The molecule has 34 heavy (non-hydrogen) atoms. The molecule has 0 saturated heterocycles. The van der Waals surface area contributed by atoms with E-state index < -0.39 is 23.8 Å². The fourth-order valence-corrected chi connectivity index (χ4v) is 5.55. The third-order valence-corrected chi connectivity index (χ3v) is 7.30. The number of nitrogens with zero attached hydrogens (tertiary/aromatic N) is 1. The van der Waals surface area contributed by atoms with Crippen molar-refractivity contribution in [2.24, 2.45) is 0 Å². The summed E-state index contributed by atoms with van der Waals surface area (Å²) < 4.78 is 18.0. The third kappa shape index (κ3) is 3.49. The Morgan fingerprint density at radius 1 is 1.21 bits per heavy atom. The number of hydrogen-bond donors (Lipinski definition) is 2. The lowest BCUT2D eigenvalue weighted by Crippen LogP contribution is -2.53. The third-order valence-electron chi connectivity index (χ3n) is 7.30. The Balaban J connectivity index is 1.39. The van der Waals surface area contributed by atoms with Crippen LogP contribution in [0.2, 0.25) is 0 Å². The number of carbonyl (C=O) groups is 2. The van der Waals surface area contributed by atoms with Crippen LogP contribution in [0, 0.1) is 0 Å². The smallest absolute Gasteiger partial charge is 0.412 e. The number of nitrogens with one attached hydrogen (secondary N) is 1. The van der Waals surface area contributed by atoms with Crippen LogP contribution in [0.1, 0.15) is 41.3 Å². The lowest BCUT2D eigenvalue weighted by molar-refractivity contribution is -0.00488. The Hall–Kier alpha value is -3.52. The molecule has 0 fully saturated rings. The van der Waals surface area contributed by atoms with Crippen molar-refractivity contribution < 1.29 is 28.9 Å². The van der Waals surface area contributed by atoms with Crippen molar-refractivity contribution in [2.45, 2.75) is 43.4 Å². The quantitative estimate of drug-likeness (QED) is 0.655. The minimum Gasteiger partial charge on any atom is -0.493 e. The minimum atomic E-state index is -1.02. The first-order chi connectivity index (χ1) is 16.2. The van der Waals surface area contributed by atoms with Crippen molar-refractivity contribution in [3.63, 3.8) is 0 Å². The maximum atomic E-state index is 12.6. The summed E-state index contributed by atoms with van der Waals surface area (Å²) in [5.41, 5.74) is 2.08. The van der Waals surface area contributed by atoms with E-state index in [1.807, 2.05) is 12.1 Å². The van der Waals surface area contributed by atoms with Gasteiger partial charge in [0.25, 0.3) is 0 Å². The topological polar surface area (TPSA) is 97.3 Å². The first kappa shape index (κ1) is 22.3. The van der Waals surface area contributed by atoms with E-state index in [2.05, 4.69) is 36.3 Å². The molecule has 178 valence electrons. The van der Waals surface area contributed by atoms with Crippen molar-refractivity contribution in [1.82, 2.24) is 4.90 Å². The average molecular weight is 465 g/mol. The molecule has 2 aliphatic heterocycles. The molecule has 0 bridgehead atoms. The van der Waals surface area contributed by atoms with E-state index in [-0.39, 0.29) is 11.0 Å². The van der Waals surface area contributed by atoms with Crippen LogP contribution in [0.15, 0.2) is 48.6 Å². The summed E-state index contributed by atoms with van der Waals surface area (Å²) >= 11 is 0. The largest absolute Gasteiger partial charge is 0.493 e. The molecule has 1 amide bonds. The van der Waals surface area contributed by atoms with Crippen molar-refractivity contribution in [1.29, 1.82) is 0 Å². The SMILES string of the molecule is COc1ccc2c3c1OC1(C)CC(OC(=O)Nc4ccc(C(=O)O)cc4)C=CC31CCN(C)C2. The molecule has 2 aromatic rings. The van der Waals surface area contributed by atoms with Gasteiger partial charge in [-0.2, -0.15) is 0 Å². The second-order valence-corrected chi connectivity index (χ2v) is 9.44. The first-order valence-corrected chi connectivity index (χ1v) is 11.3. The fourth-order valence-electron chi connectivity index (χ4n) is 5.55. The van der Waals surface area contributed by atoms with Crippen molar-refractivity contribution >= 4 is 17.7 Å². The number of ether oxygens (including phenoxy) is 3. The molecule has 2 N–H and O–H groups in total. The van der Waals surface area contributed by atoms with E-state index in [1.165, 1.54) is 35.4 Å². The van der Waals surface area contributed by atoms with Gasteiger partial charge in [-0.1, -0.05) is 12.1 Å². The molecule has 2 aromatic carbocycles. The number of aromatic carboxylic acids is 1. The molecule has 0 saturated carbocycles. The zero-order valence-corrected chi connectivity index (χ0v) is 19.5. The van der Waals surface area contributed by atoms with E-state index >= 15 is 0 Å². The minimum absolute atomic E-state index is 0.147. The number of carboxylic acid groups (broad SMARTS) is 1. The van der Waals surface area contributed by atoms with E-state index in [0.717, 1.165) is 25.3 Å². The second-order valence-electron chi connectivity index (χ2n) is 9.44. The Bertz CT molecular complexity index is 1180. The molecule has 1 spiro atoms. The molecule has 3 aliphatic rings. The zero-order valence-electron chi connectivity index (χ0n) is 19.5. The highest BCUT2D eigenvalue weighted by molar-refractivity contribution is 5.89. The lowest BCUT2D eigenvalue weighted by Gasteiger charge is -2.44. The number of anilines is 1. The summed E-state index contributed by atoms with van der Waals surface area (Å²) in [5.74, 6) is 0.475. The fraction of sp³-hybridized carbons (Fsp3) is 0.385. The van der Waals surface area contributed by atoms with E-state index in [0.29, 0.717) is 17.9 Å². The number of benzene rings is 2. The number of carboxylic acids is 1. The Kier molecular flexibility index (Phi) is 5.28. The van der Waals surface area contributed by atoms with Gasteiger partial charge in [-0.25, -0.2) is 9.59 Å². The van der Waals surface area contributed by atoms with Gasteiger partial charge in [-0.3, -0.25) is 5.32 Å². The van der Waals surface area contributed by atoms with Gasteiger partial charge in [0.2, 0.25) is 0 Å². The summed E-state index contributed by atoms with van der Waals surface area (Å²) in [7, 11) is 3.77. The summed E-state index contributed by atoms with van der Waals surface area (Å²) in [6.45, 7) is 3.84. The zero-order chi connectivity index (χ0) is 24.1. The van der Waals surface area contributed by atoms with E-state index in [1.54, 1.807) is 7.11 Å². The van der Waals surface area contributed by atoms with Gasteiger partial charge in [0, 0.05) is 24.2 Å². The van der Waals surface area contributed by atoms with Gasteiger partial charge in [0.05, 0.1) is 18.1 Å². The predicted octanol–water partition coefficient (Wildman–Crippen LogP) is 4.20. The molecule has 0 radical (unpaired) electrons. The Morgan fingerprint density at radius 3 is 2.68 bits per heavy atom. The molecule has 0 aromatic heterocycles. The molecule has 3 atom stereocenters. The van der Waals surface area contributed by atoms with Gasteiger partial charge in [-0.05, 0) is 68.9 Å². The van der Waals surface area contributed by atoms with Crippen LogP contribution in [-0.4, -0.2) is 54.5 Å². The summed E-state index contributed by atoms with van der Waals surface area (Å²) in [4.78, 5) is 25.9. The maximum absolute atomic E-state index is 12.6. The molecular weight excluding hydrogens is 436 g/mol. The molecular formula is C26H28N2O6. The second kappa shape index (κ2) is 8.06. The van der Waals surface area contributed by atoms with Gasteiger partial charge in [-0.15, -0.1) is 0 Å². The van der Waals surface area contributed by atoms with E-state index in [4.69, 9.17) is 19.3 Å². The highest BCUT2D eigenvalue weighted by Crippen LogP contribution is 2.60.